The lowest BCUT2D eigenvalue weighted by Gasteiger charge is -2.28. The molecule has 2 saturated heterocycles. The number of para-hydroxylation sites is 1. The highest BCUT2D eigenvalue weighted by Gasteiger charge is 2.47. The molecule has 2 aliphatic heterocycles. The lowest BCUT2D eigenvalue weighted by atomic mass is 9.99. The molecule has 188 valence electrons. The summed E-state index contributed by atoms with van der Waals surface area (Å²) in [6, 6.07) is 12.3. The molecule has 9 nitrogen and oxygen atoms in total. The van der Waals surface area contributed by atoms with Gasteiger partial charge in [-0.15, -0.1) is 0 Å². The van der Waals surface area contributed by atoms with Gasteiger partial charge >= 0.3 is 0 Å². The summed E-state index contributed by atoms with van der Waals surface area (Å²) >= 11 is 0. The zero-order valence-corrected chi connectivity index (χ0v) is 20.5. The van der Waals surface area contributed by atoms with Crippen LogP contribution in [0.1, 0.15) is 35.2 Å². The van der Waals surface area contributed by atoms with Crippen molar-refractivity contribution < 1.29 is 23.8 Å². The Morgan fingerprint density at radius 1 is 1.06 bits per heavy atom. The second-order valence-electron chi connectivity index (χ2n) is 9.14. The summed E-state index contributed by atoms with van der Waals surface area (Å²) in [5.41, 5.74) is 1.91. The van der Waals surface area contributed by atoms with Crippen LogP contribution in [0.2, 0.25) is 0 Å². The first kappa shape index (κ1) is 24.0. The van der Waals surface area contributed by atoms with E-state index in [1.54, 1.807) is 16.8 Å². The second kappa shape index (κ2) is 10.1. The molecule has 1 amide bonds. The van der Waals surface area contributed by atoms with Crippen molar-refractivity contribution in [3.63, 3.8) is 0 Å². The van der Waals surface area contributed by atoms with Gasteiger partial charge in [-0.05, 0) is 44.5 Å². The highest BCUT2D eigenvalue weighted by Crippen LogP contribution is 2.40. The Bertz CT molecular complexity index is 1290. The van der Waals surface area contributed by atoms with Crippen LogP contribution in [-0.4, -0.2) is 75.8 Å². The molecule has 1 aromatic carbocycles. The molecule has 0 bridgehead atoms. The van der Waals surface area contributed by atoms with Crippen LogP contribution in [0, 0.1) is 13.8 Å². The van der Waals surface area contributed by atoms with E-state index in [4.69, 9.17) is 9.15 Å². The number of carbonyl (C=O) groups excluding carboxylic acids is 2. The summed E-state index contributed by atoms with van der Waals surface area (Å²) < 4.78 is 13.0. The molecule has 2 aromatic heterocycles. The first-order chi connectivity index (χ1) is 17.5. The number of nitrogens with zero attached hydrogens (tertiary/aromatic N) is 4. The topological polar surface area (TPSA) is 101 Å². The molecule has 1 atom stereocenters. The monoisotopic (exact) mass is 490 g/mol. The van der Waals surface area contributed by atoms with Crippen LogP contribution in [0.3, 0.4) is 0 Å². The van der Waals surface area contributed by atoms with Gasteiger partial charge in [0.15, 0.2) is 0 Å². The predicted octanol–water partition coefficient (Wildman–Crippen LogP) is 3.23. The van der Waals surface area contributed by atoms with Gasteiger partial charge in [0.05, 0.1) is 41.9 Å². The molecular weight excluding hydrogens is 460 g/mol. The van der Waals surface area contributed by atoms with Crippen LogP contribution in [0.4, 0.5) is 0 Å². The number of morpholine rings is 1. The van der Waals surface area contributed by atoms with Gasteiger partial charge in [0.25, 0.3) is 11.7 Å². The van der Waals surface area contributed by atoms with Crippen LogP contribution in [0.5, 0.6) is 0 Å². The maximum Gasteiger partial charge on any atom is 0.295 e. The molecule has 3 aromatic rings. The van der Waals surface area contributed by atoms with Gasteiger partial charge < -0.3 is 19.2 Å². The van der Waals surface area contributed by atoms with E-state index in [2.05, 4.69) is 10.00 Å². The zero-order valence-electron chi connectivity index (χ0n) is 20.5. The van der Waals surface area contributed by atoms with E-state index in [1.165, 1.54) is 11.1 Å². The Morgan fingerprint density at radius 2 is 1.81 bits per heavy atom. The average Bonchev–Trinajstić information content (AvgIpc) is 3.57. The Morgan fingerprint density at radius 3 is 2.50 bits per heavy atom. The van der Waals surface area contributed by atoms with Gasteiger partial charge in [-0.3, -0.25) is 14.5 Å². The largest absolute Gasteiger partial charge is 0.507 e. The van der Waals surface area contributed by atoms with Gasteiger partial charge in [0.2, 0.25) is 0 Å². The second-order valence-corrected chi connectivity index (χ2v) is 9.14. The van der Waals surface area contributed by atoms with Gasteiger partial charge in [-0.1, -0.05) is 18.2 Å². The molecule has 1 N–H and O–H groups in total. The minimum absolute atomic E-state index is 0.0245. The van der Waals surface area contributed by atoms with Crippen molar-refractivity contribution in [2.45, 2.75) is 26.3 Å². The number of aryl methyl sites for hydroxylation is 1. The highest BCUT2D eigenvalue weighted by molar-refractivity contribution is 6.46. The predicted molar refractivity (Wildman–Crippen MR) is 133 cm³/mol. The van der Waals surface area contributed by atoms with E-state index in [-0.39, 0.29) is 11.3 Å². The Labute approximate surface area is 209 Å². The first-order valence-electron chi connectivity index (χ1n) is 12.2. The van der Waals surface area contributed by atoms with Gasteiger partial charge in [-0.2, -0.15) is 5.10 Å². The number of aliphatic hydroxyl groups excluding tert-OH is 1. The fourth-order valence-corrected chi connectivity index (χ4v) is 4.91. The number of rotatable bonds is 7. The molecule has 2 fully saturated rings. The lowest BCUT2D eigenvalue weighted by molar-refractivity contribution is -0.140. The fourth-order valence-electron chi connectivity index (χ4n) is 4.91. The molecule has 0 unspecified atom stereocenters. The first-order valence-corrected chi connectivity index (χ1v) is 12.2. The number of amides is 1. The molecule has 9 heteroatoms. The third kappa shape index (κ3) is 4.47. The number of ketones is 1. The van der Waals surface area contributed by atoms with Gasteiger partial charge in [0, 0.05) is 26.2 Å². The van der Waals surface area contributed by atoms with E-state index >= 15 is 0 Å². The molecule has 36 heavy (non-hydrogen) atoms. The van der Waals surface area contributed by atoms with E-state index in [0.29, 0.717) is 49.0 Å². The summed E-state index contributed by atoms with van der Waals surface area (Å²) in [6.07, 6.45) is 2.21. The van der Waals surface area contributed by atoms with Crippen molar-refractivity contribution in [1.29, 1.82) is 0 Å². The number of hydrogen-bond acceptors (Lipinski definition) is 7. The maximum atomic E-state index is 13.3. The highest BCUT2D eigenvalue weighted by atomic mass is 16.5. The maximum absolute atomic E-state index is 13.3. The molecule has 0 aliphatic carbocycles. The van der Waals surface area contributed by atoms with E-state index in [1.807, 2.05) is 44.2 Å². The van der Waals surface area contributed by atoms with Crippen LogP contribution in [-0.2, 0) is 14.3 Å². The lowest BCUT2D eigenvalue weighted by Crippen LogP contribution is -2.38. The van der Waals surface area contributed by atoms with Crippen molar-refractivity contribution in [2.75, 3.05) is 39.4 Å². The van der Waals surface area contributed by atoms with Crippen molar-refractivity contribution in [3.8, 4) is 5.69 Å². The number of ether oxygens (including phenoxy) is 1. The summed E-state index contributed by atoms with van der Waals surface area (Å²) in [4.78, 5) is 30.2. The zero-order chi connectivity index (χ0) is 25.2. The average molecular weight is 491 g/mol. The Balaban J connectivity index is 1.49. The number of Topliss-reactive ketones (excluding diaryl/α,β-unsaturated/α-hetero) is 1. The standard InChI is InChI=1S/C27H30N4O5/c1-18-9-10-22(36-18)24-23(25(32)21-17-28-31(19(21)2)20-7-4-3-5-8-20)26(33)27(34)30(24)12-6-11-29-13-15-35-16-14-29/h3-5,7-10,17,24,32H,6,11-16H2,1-2H3/t24-/m1/s1. The summed E-state index contributed by atoms with van der Waals surface area (Å²) in [6.45, 7) is 7.89. The minimum atomic E-state index is -0.803. The number of furan rings is 1. The summed E-state index contributed by atoms with van der Waals surface area (Å²) in [5, 5.41) is 15.8. The smallest absolute Gasteiger partial charge is 0.295 e. The number of benzene rings is 1. The molecule has 0 spiro atoms. The van der Waals surface area contributed by atoms with Gasteiger partial charge in [0.1, 0.15) is 23.3 Å². The van der Waals surface area contributed by atoms with Crippen molar-refractivity contribution in [3.05, 3.63) is 77.0 Å². The van der Waals surface area contributed by atoms with Crippen molar-refractivity contribution >= 4 is 17.4 Å². The van der Waals surface area contributed by atoms with E-state index in [0.717, 1.165) is 25.3 Å². The van der Waals surface area contributed by atoms with Crippen LogP contribution in [0.15, 0.2) is 58.7 Å². The molecule has 5 rings (SSSR count). The fraction of sp³-hybridized carbons (Fsp3) is 0.370. The van der Waals surface area contributed by atoms with Crippen molar-refractivity contribution in [2.24, 2.45) is 0 Å². The van der Waals surface area contributed by atoms with Crippen molar-refractivity contribution in [1.82, 2.24) is 19.6 Å². The number of hydrogen-bond donors (Lipinski definition) is 1. The SMILES string of the molecule is Cc1ccc([C@@H]2C(=C(O)c3cnn(-c4ccccc4)c3C)C(=O)C(=O)N2CCCN2CCOCC2)o1. The number of aliphatic hydroxyl groups is 1. The van der Waals surface area contributed by atoms with E-state index < -0.39 is 17.7 Å². The number of aromatic nitrogens is 2. The number of carbonyl (C=O) groups is 2. The molecule has 4 heterocycles. The van der Waals surface area contributed by atoms with Crippen LogP contribution >= 0.6 is 0 Å². The minimum Gasteiger partial charge on any atom is -0.507 e. The Kier molecular flexibility index (Phi) is 6.75. The molecule has 2 aliphatic rings. The number of likely N-dealkylation sites (tertiary alicyclic amines) is 1. The van der Waals surface area contributed by atoms with Gasteiger partial charge in [-0.25, -0.2) is 4.68 Å². The normalized spacial score (nSPS) is 20.4. The third-order valence-corrected chi connectivity index (χ3v) is 6.81. The van der Waals surface area contributed by atoms with Crippen LogP contribution in [0.25, 0.3) is 11.4 Å². The quantitative estimate of drug-likeness (QED) is 0.308. The molecule has 0 radical (unpaired) electrons. The third-order valence-electron chi connectivity index (χ3n) is 6.81. The summed E-state index contributed by atoms with van der Waals surface area (Å²) in [5.74, 6) is -0.483. The summed E-state index contributed by atoms with van der Waals surface area (Å²) in [7, 11) is 0. The Hall–Kier alpha value is -3.69. The molecule has 0 saturated carbocycles. The molecular formula is C27H30N4O5. The van der Waals surface area contributed by atoms with Crippen LogP contribution < -0.4 is 0 Å². The van der Waals surface area contributed by atoms with E-state index in [9.17, 15) is 14.7 Å².